The van der Waals surface area contributed by atoms with E-state index in [9.17, 15) is 24.0 Å². The second kappa shape index (κ2) is 23.5. The summed E-state index contributed by atoms with van der Waals surface area (Å²) in [6, 6.07) is -3.45. The second-order valence-corrected chi connectivity index (χ2v) is 19.0. The highest BCUT2D eigenvalue weighted by Gasteiger charge is 2.55. The first kappa shape index (κ1) is 54.7. The number of likely N-dealkylation sites (tertiary alicyclic amines) is 2. The van der Waals surface area contributed by atoms with Crippen LogP contribution in [0.2, 0.25) is 0 Å². The molecule has 2 aliphatic heterocycles. The Morgan fingerprint density at radius 1 is 0.746 bits per heavy atom. The molecular weight excluding hydrogens is 801 g/mol. The van der Waals surface area contributed by atoms with Crippen LogP contribution in [-0.2, 0) is 38.3 Å². The Morgan fingerprint density at radius 3 is 1.75 bits per heavy atom. The fourth-order valence-electron chi connectivity index (χ4n) is 9.59. The molecule has 63 heavy (non-hydrogen) atoms. The van der Waals surface area contributed by atoms with Crippen LogP contribution in [0.4, 0.5) is 0 Å². The van der Waals surface area contributed by atoms with E-state index < -0.39 is 64.9 Å². The number of esters is 1. The molecule has 0 unspecified atom stereocenters. The minimum Gasteiger partial charge on any atom is -0.464 e. The van der Waals surface area contributed by atoms with Crippen LogP contribution in [0.5, 0.6) is 0 Å². The van der Waals surface area contributed by atoms with Crippen LogP contribution in [0.25, 0.3) is 0 Å². The molecule has 14 heteroatoms. The Kier molecular flexibility index (Phi) is 20.4. The van der Waals surface area contributed by atoms with Gasteiger partial charge in [-0.25, -0.2) is 4.79 Å². The van der Waals surface area contributed by atoms with E-state index in [1.54, 1.807) is 65.7 Å². The molecule has 0 N–H and O–H groups in total. The van der Waals surface area contributed by atoms with Gasteiger partial charge in [0.2, 0.25) is 35.4 Å². The zero-order valence-electron chi connectivity index (χ0n) is 41.7. The fraction of sp³-hybridized carbons (Fsp3) is 0.776. The number of unbranched alkanes of at least 4 members (excludes halogenated alkanes) is 2. The number of hydrogen-bond donors (Lipinski definition) is 0. The number of likely N-dealkylation sites (N-methyl/N-ethyl adjacent to an activating group) is 4. The predicted octanol–water partition coefficient (Wildman–Crippen LogP) is 5.77. The van der Waals surface area contributed by atoms with Crippen molar-refractivity contribution in [1.29, 1.82) is 0 Å². The third-order valence-electron chi connectivity index (χ3n) is 14.5. The van der Waals surface area contributed by atoms with Crippen LogP contribution < -0.4 is 0 Å². The number of rotatable bonds is 21. The molecule has 8 atom stereocenters. The number of nitrogens with zero attached hydrogens (tertiary/aromatic N) is 6. The van der Waals surface area contributed by atoms with E-state index in [0.29, 0.717) is 70.0 Å². The van der Waals surface area contributed by atoms with E-state index >= 15 is 9.59 Å². The van der Waals surface area contributed by atoms with Gasteiger partial charge in [-0.1, -0.05) is 74.3 Å². The third-order valence-corrected chi connectivity index (χ3v) is 14.5. The van der Waals surface area contributed by atoms with Crippen LogP contribution in [-0.4, -0.2) is 154 Å². The van der Waals surface area contributed by atoms with Crippen LogP contribution in [0.3, 0.4) is 0 Å². The lowest BCUT2D eigenvalue weighted by atomic mass is 9.77. The van der Waals surface area contributed by atoms with E-state index in [0.717, 1.165) is 6.42 Å². The highest BCUT2D eigenvalue weighted by Crippen LogP contribution is 2.37. The topological polar surface area (TPSA) is 148 Å². The molecule has 2 heterocycles. The molecule has 0 spiro atoms. The molecule has 14 nitrogen and oxygen atoms in total. The summed E-state index contributed by atoms with van der Waals surface area (Å²) in [5, 5.41) is 0. The smallest absolute Gasteiger partial charge is 0.328 e. The minimum absolute atomic E-state index is 0.205. The number of hydrogen-bond acceptors (Lipinski definition) is 8. The molecule has 0 aromatic heterocycles. The molecule has 0 bridgehead atoms. The van der Waals surface area contributed by atoms with Crippen molar-refractivity contribution in [3.05, 3.63) is 11.6 Å². The molecule has 0 aliphatic carbocycles. The van der Waals surface area contributed by atoms with E-state index in [-0.39, 0.29) is 42.1 Å². The van der Waals surface area contributed by atoms with Gasteiger partial charge in [-0.2, -0.15) is 0 Å². The summed E-state index contributed by atoms with van der Waals surface area (Å²) in [4.78, 5) is 110. The summed E-state index contributed by atoms with van der Waals surface area (Å²) in [7, 11) is 6.39. The van der Waals surface area contributed by atoms with Crippen molar-refractivity contribution in [2.24, 2.45) is 23.7 Å². The molecule has 2 aliphatic rings. The quantitative estimate of drug-likeness (QED) is 0.0611. The van der Waals surface area contributed by atoms with Gasteiger partial charge in [-0.05, 0) is 89.9 Å². The molecule has 356 valence electrons. The van der Waals surface area contributed by atoms with E-state index in [4.69, 9.17) is 11.2 Å². The Labute approximate surface area is 379 Å². The van der Waals surface area contributed by atoms with Gasteiger partial charge >= 0.3 is 5.97 Å². The molecule has 2 fully saturated rings. The highest BCUT2D eigenvalue weighted by molar-refractivity contribution is 6.01. The first-order valence-corrected chi connectivity index (χ1v) is 23.4. The van der Waals surface area contributed by atoms with Crippen molar-refractivity contribution >= 4 is 41.4 Å². The Balaban J connectivity index is 2.54. The molecule has 6 amide bonds. The average Bonchev–Trinajstić information content (AvgIpc) is 3.96. The van der Waals surface area contributed by atoms with Crippen LogP contribution in [0, 0.1) is 36.0 Å². The lowest BCUT2D eigenvalue weighted by molar-refractivity contribution is -0.168. The molecule has 0 aromatic carbocycles. The van der Waals surface area contributed by atoms with Gasteiger partial charge in [0.1, 0.15) is 35.2 Å². The maximum absolute atomic E-state index is 15.2. The molecule has 0 radical (unpaired) electrons. The summed E-state index contributed by atoms with van der Waals surface area (Å²) in [5.74, 6) is -1.50. The Hall–Kier alpha value is -4.41. The summed E-state index contributed by atoms with van der Waals surface area (Å²) in [5.41, 5.74) is -2.30. The van der Waals surface area contributed by atoms with Crippen LogP contribution >= 0.6 is 0 Å². The normalized spacial score (nSPS) is 20.5. The van der Waals surface area contributed by atoms with Gasteiger partial charge in [0, 0.05) is 53.3 Å². The number of allylic oxidation sites excluding steroid dienone is 1. The maximum Gasteiger partial charge on any atom is 0.328 e. The largest absolute Gasteiger partial charge is 0.464 e. The van der Waals surface area contributed by atoms with Crippen molar-refractivity contribution < 1.29 is 38.3 Å². The summed E-state index contributed by atoms with van der Waals surface area (Å²) >= 11 is 0. The molecule has 0 aromatic rings. The van der Waals surface area contributed by atoms with E-state index in [1.807, 2.05) is 61.5 Å². The zero-order chi connectivity index (χ0) is 48.3. The van der Waals surface area contributed by atoms with Gasteiger partial charge in [0.05, 0.1) is 6.61 Å². The van der Waals surface area contributed by atoms with E-state index in [1.165, 1.54) is 19.6 Å². The van der Waals surface area contributed by atoms with Gasteiger partial charge in [-0.15, -0.1) is 12.3 Å². The monoisotopic (exact) mass is 883 g/mol. The van der Waals surface area contributed by atoms with Gasteiger partial charge in [0.15, 0.2) is 0 Å². The Bertz CT molecular complexity index is 1720. The second-order valence-electron chi connectivity index (χ2n) is 19.0. The van der Waals surface area contributed by atoms with Crippen LogP contribution in [0.15, 0.2) is 11.6 Å². The van der Waals surface area contributed by atoms with Crippen molar-refractivity contribution in [1.82, 2.24) is 29.4 Å². The fourth-order valence-corrected chi connectivity index (χ4v) is 9.59. The highest BCUT2D eigenvalue weighted by atomic mass is 16.5. The zero-order valence-corrected chi connectivity index (χ0v) is 41.7. The maximum atomic E-state index is 15.2. The van der Waals surface area contributed by atoms with Crippen molar-refractivity contribution in [3.63, 3.8) is 0 Å². The standard InChI is InChI=1S/C49H82N6O8/c1-18-22-23-24-27-34(9)41(56)52(16)49(13,36(11)20-3)47(62)53(17)48(12,35(10)19-2)46(61)51(15)39(32(5)6)43(58)50(14)40(33(7)8)44(59)54-30-25-28-37(54)42(57)55-31-26-29-38(55)45(60)63-21-4/h1,27,32-33,35-40H,19-26,28-31H2,2-17H3/b34-27-/t35-,36-,37-,38-,39-,40-,48-,49-/m0/s1. The first-order valence-electron chi connectivity index (χ1n) is 23.4. The number of amides is 6. The van der Waals surface area contributed by atoms with Crippen LogP contribution in [0.1, 0.15) is 141 Å². The van der Waals surface area contributed by atoms with Gasteiger partial charge < -0.3 is 34.1 Å². The Morgan fingerprint density at radius 2 is 1.25 bits per heavy atom. The molecular formula is C49H82N6O8. The average molecular weight is 883 g/mol. The van der Waals surface area contributed by atoms with Crippen molar-refractivity contribution in [2.75, 3.05) is 47.9 Å². The van der Waals surface area contributed by atoms with Crippen molar-refractivity contribution in [2.45, 2.75) is 176 Å². The SMILES string of the molecule is C#CCCC/C=C(/C)C(=O)N(C)[C@](C)(C(=O)N(C)[C@](C)(C(=O)N(C)[C@H](C(=O)N(C)[C@H](C(=O)N1CCC[C@H]1C(=O)N1CCC[C@H]1C(=O)OCC)C(C)C)C(C)C)[C@@H](C)CC)[C@@H](C)CC. The number of ether oxygens (including phenoxy) is 1. The van der Waals surface area contributed by atoms with E-state index in [2.05, 4.69) is 5.92 Å². The lowest BCUT2D eigenvalue weighted by Crippen LogP contribution is -2.70. The summed E-state index contributed by atoms with van der Waals surface area (Å²) in [6.45, 7) is 23.0. The number of carbonyl (C=O) groups excluding carboxylic acids is 7. The number of carbonyl (C=O) groups is 7. The number of terminal acetylenes is 1. The molecule has 0 saturated carbocycles. The van der Waals surface area contributed by atoms with Crippen molar-refractivity contribution in [3.8, 4) is 12.3 Å². The predicted molar refractivity (Wildman–Crippen MR) is 247 cm³/mol. The van der Waals surface area contributed by atoms with Gasteiger partial charge in [-0.3, -0.25) is 28.8 Å². The third kappa shape index (κ3) is 11.5. The summed E-state index contributed by atoms with van der Waals surface area (Å²) < 4.78 is 5.26. The van der Waals surface area contributed by atoms with Gasteiger partial charge in [0.25, 0.3) is 0 Å². The molecule has 2 saturated heterocycles. The lowest BCUT2D eigenvalue weighted by Gasteiger charge is -2.51. The molecule has 2 rings (SSSR count). The first-order chi connectivity index (χ1) is 29.4. The minimum atomic E-state index is -1.46. The summed E-state index contributed by atoms with van der Waals surface area (Å²) in [6.07, 6.45) is 12.5.